The van der Waals surface area contributed by atoms with Gasteiger partial charge in [0.25, 0.3) is 0 Å². The zero-order valence-corrected chi connectivity index (χ0v) is 13.4. The number of amides is 1. The van der Waals surface area contributed by atoms with Gasteiger partial charge in [-0.05, 0) is 48.4 Å². The van der Waals surface area contributed by atoms with Crippen LogP contribution in [-0.4, -0.2) is 35.2 Å². The van der Waals surface area contributed by atoms with Gasteiger partial charge in [0, 0.05) is 4.47 Å². The number of methoxy groups -OCH3 is 1. The molecule has 1 saturated heterocycles. The minimum Gasteiger partial charge on any atom is -0.480 e. The molecule has 6 heteroatoms. The number of ether oxygens (including phenoxy) is 1. The fourth-order valence-corrected chi connectivity index (χ4v) is 3.97. The van der Waals surface area contributed by atoms with Crippen LogP contribution in [0.3, 0.4) is 0 Å². The molecule has 1 N–H and O–H groups in total. The highest BCUT2D eigenvalue weighted by Crippen LogP contribution is 2.50. The van der Waals surface area contributed by atoms with E-state index in [0.717, 1.165) is 22.0 Å². The van der Waals surface area contributed by atoms with Gasteiger partial charge in [-0.1, -0.05) is 22.0 Å². The molecule has 0 unspecified atom stereocenters. The maximum Gasteiger partial charge on any atom is 0.410 e. The Morgan fingerprint density at radius 2 is 2.14 bits per heavy atom. The second-order valence-electron chi connectivity index (χ2n) is 5.68. The molecule has 1 aromatic rings. The third kappa shape index (κ3) is 2.12. The van der Waals surface area contributed by atoms with Crippen molar-refractivity contribution in [1.29, 1.82) is 0 Å². The smallest absolute Gasteiger partial charge is 0.410 e. The Kier molecular flexibility index (Phi) is 3.43. The molecule has 0 saturated carbocycles. The number of carboxylic acid groups (broad SMARTS) is 1. The van der Waals surface area contributed by atoms with Crippen molar-refractivity contribution in [2.45, 2.75) is 31.8 Å². The van der Waals surface area contributed by atoms with E-state index in [4.69, 9.17) is 4.74 Å². The van der Waals surface area contributed by atoms with Crippen molar-refractivity contribution in [2.75, 3.05) is 7.11 Å². The summed E-state index contributed by atoms with van der Waals surface area (Å²) < 4.78 is 5.78. The molecule has 5 nitrogen and oxygen atoms in total. The first kappa shape index (κ1) is 14.4. The van der Waals surface area contributed by atoms with Crippen LogP contribution in [0, 0.1) is 12.8 Å². The van der Waals surface area contributed by atoms with Crippen LogP contribution < -0.4 is 0 Å². The van der Waals surface area contributed by atoms with E-state index in [1.165, 1.54) is 17.6 Å². The zero-order valence-electron chi connectivity index (χ0n) is 11.8. The summed E-state index contributed by atoms with van der Waals surface area (Å²) in [6.45, 7) is 2.02. The molecule has 1 aromatic carbocycles. The van der Waals surface area contributed by atoms with E-state index >= 15 is 0 Å². The maximum atomic E-state index is 12.1. The zero-order chi connectivity index (χ0) is 15.3. The van der Waals surface area contributed by atoms with Gasteiger partial charge in [0.15, 0.2) is 0 Å². The highest BCUT2D eigenvalue weighted by molar-refractivity contribution is 9.10. The van der Waals surface area contributed by atoms with Crippen molar-refractivity contribution in [3.63, 3.8) is 0 Å². The Morgan fingerprint density at radius 3 is 2.76 bits per heavy atom. The maximum absolute atomic E-state index is 12.1. The van der Waals surface area contributed by atoms with E-state index in [2.05, 4.69) is 22.0 Å². The number of likely N-dealkylation sites (tertiary alicyclic amines) is 1. The van der Waals surface area contributed by atoms with Gasteiger partial charge in [-0.3, -0.25) is 4.90 Å². The van der Waals surface area contributed by atoms with Crippen LogP contribution in [0.25, 0.3) is 0 Å². The van der Waals surface area contributed by atoms with Crippen LogP contribution in [0.5, 0.6) is 0 Å². The van der Waals surface area contributed by atoms with E-state index in [9.17, 15) is 14.7 Å². The Morgan fingerprint density at radius 1 is 1.43 bits per heavy atom. The molecule has 1 aliphatic carbocycles. The highest BCUT2D eigenvalue weighted by atomic mass is 79.9. The lowest BCUT2D eigenvalue weighted by atomic mass is 10.0. The molecule has 3 atom stereocenters. The molecule has 0 radical (unpaired) electrons. The predicted molar refractivity (Wildman–Crippen MR) is 79.1 cm³/mol. The average Bonchev–Trinajstić information content (AvgIpc) is 2.95. The number of rotatable bonds is 1. The number of hydrogen-bond donors (Lipinski definition) is 1. The number of carbonyl (C=O) groups excluding carboxylic acids is 1. The lowest BCUT2D eigenvalue weighted by Crippen LogP contribution is -2.41. The van der Waals surface area contributed by atoms with Crippen LogP contribution in [0.4, 0.5) is 4.79 Å². The van der Waals surface area contributed by atoms with Crippen LogP contribution in [0.15, 0.2) is 16.6 Å². The standard InChI is InChI=1S/C15H16BrNO4/c1-7-3-8-4-9-5-12(14(18)19)17(15(20)21-2)13(9)10(8)6-11(7)16/h3,6,9,12-13H,4-5H2,1-2H3,(H,18,19)/t9-,12+,13+/m1/s1. The number of nitrogens with zero attached hydrogens (tertiary/aromatic N) is 1. The fraction of sp³-hybridized carbons (Fsp3) is 0.467. The van der Waals surface area contributed by atoms with Crippen LogP contribution in [0.2, 0.25) is 0 Å². The van der Waals surface area contributed by atoms with E-state index in [1.807, 2.05) is 13.0 Å². The van der Waals surface area contributed by atoms with Crippen LogP contribution in [-0.2, 0) is 16.0 Å². The van der Waals surface area contributed by atoms with E-state index in [0.29, 0.717) is 6.42 Å². The van der Waals surface area contributed by atoms with Gasteiger partial charge in [0.05, 0.1) is 13.2 Å². The number of aryl methyl sites for hydroxylation is 1. The van der Waals surface area contributed by atoms with Gasteiger partial charge in [-0.2, -0.15) is 0 Å². The van der Waals surface area contributed by atoms with Gasteiger partial charge < -0.3 is 9.84 Å². The Labute approximate surface area is 131 Å². The van der Waals surface area contributed by atoms with E-state index < -0.39 is 18.1 Å². The molecule has 2 aliphatic rings. The Hall–Kier alpha value is -1.56. The van der Waals surface area contributed by atoms with Crippen molar-refractivity contribution < 1.29 is 19.4 Å². The predicted octanol–water partition coefficient (Wildman–Crippen LogP) is 2.90. The van der Waals surface area contributed by atoms with Crippen molar-refractivity contribution in [3.8, 4) is 0 Å². The Bertz CT molecular complexity index is 630. The Balaban J connectivity index is 2.06. The van der Waals surface area contributed by atoms with Gasteiger partial charge in [-0.25, -0.2) is 9.59 Å². The van der Waals surface area contributed by atoms with Crippen molar-refractivity contribution in [3.05, 3.63) is 33.3 Å². The number of aliphatic carboxylic acids is 1. The number of benzene rings is 1. The first-order chi connectivity index (χ1) is 9.93. The third-order valence-electron chi connectivity index (χ3n) is 4.50. The quantitative estimate of drug-likeness (QED) is 0.842. The summed E-state index contributed by atoms with van der Waals surface area (Å²) in [7, 11) is 1.29. The van der Waals surface area contributed by atoms with Gasteiger partial charge >= 0.3 is 12.1 Å². The average molecular weight is 354 g/mol. The minimum atomic E-state index is -0.970. The molecular weight excluding hydrogens is 338 g/mol. The lowest BCUT2D eigenvalue weighted by molar-refractivity contribution is -0.142. The van der Waals surface area contributed by atoms with Gasteiger partial charge in [0.2, 0.25) is 0 Å². The van der Waals surface area contributed by atoms with Crippen molar-refractivity contribution in [2.24, 2.45) is 5.92 Å². The summed E-state index contributed by atoms with van der Waals surface area (Å²) in [5, 5.41) is 9.37. The summed E-state index contributed by atoms with van der Waals surface area (Å²) in [6.07, 6.45) is 0.714. The first-order valence-electron chi connectivity index (χ1n) is 6.82. The molecule has 1 heterocycles. The lowest BCUT2D eigenvalue weighted by Gasteiger charge is -2.27. The second-order valence-corrected chi connectivity index (χ2v) is 6.53. The molecule has 21 heavy (non-hydrogen) atoms. The minimum absolute atomic E-state index is 0.147. The summed E-state index contributed by atoms with van der Waals surface area (Å²) in [5.74, 6) is -0.823. The number of hydrogen-bond acceptors (Lipinski definition) is 3. The molecule has 1 aliphatic heterocycles. The van der Waals surface area contributed by atoms with E-state index in [1.54, 1.807) is 0 Å². The third-order valence-corrected chi connectivity index (χ3v) is 5.35. The fourth-order valence-electron chi connectivity index (χ4n) is 3.61. The molecule has 0 bridgehead atoms. The normalized spacial score (nSPS) is 26.4. The summed E-state index contributed by atoms with van der Waals surface area (Å²) in [5.41, 5.74) is 3.38. The van der Waals surface area contributed by atoms with Crippen molar-refractivity contribution in [1.82, 2.24) is 4.90 Å². The van der Waals surface area contributed by atoms with Crippen molar-refractivity contribution >= 4 is 28.0 Å². The molecule has 0 spiro atoms. The van der Waals surface area contributed by atoms with Crippen LogP contribution >= 0.6 is 15.9 Å². The largest absolute Gasteiger partial charge is 0.480 e. The molecule has 1 amide bonds. The molecule has 3 rings (SSSR count). The number of halogens is 1. The highest BCUT2D eigenvalue weighted by Gasteiger charge is 2.51. The molecule has 1 fully saturated rings. The summed E-state index contributed by atoms with van der Waals surface area (Å²) >= 11 is 3.51. The SMILES string of the molecule is COC(=O)N1[C@@H]2c3cc(Br)c(C)cc3C[C@@H]2C[C@H]1C(=O)O. The second kappa shape index (κ2) is 5.02. The summed E-state index contributed by atoms with van der Waals surface area (Å²) in [4.78, 5) is 24.9. The molecular formula is C15H16BrNO4. The number of carbonyl (C=O) groups is 2. The molecule has 112 valence electrons. The van der Waals surface area contributed by atoms with E-state index in [-0.39, 0.29) is 12.0 Å². The topological polar surface area (TPSA) is 66.8 Å². The van der Waals surface area contributed by atoms with Gasteiger partial charge in [0.1, 0.15) is 6.04 Å². The summed E-state index contributed by atoms with van der Waals surface area (Å²) in [6, 6.07) is 3.12. The number of carboxylic acids is 1. The van der Waals surface area contributed by atoms with Crippen LogP contribution in [0.1, 0.15) is 29.2 Å². The number of fused-ring (bicyclic) bond motifs is 3. The first-order valence-corrected chi connectivity index (χ1v) is 7.61. The van der Waals surface area contributed by atoms with Gasteiger partial charge in [-0.15, -0.1) is 0 Å². The molecule has 0 aromatic heterocycles. The monoisotopic (exact) mass is 353 g/mol.